The zero-order valence-electron chi connectivity index (χ0n) is 20.9. The highest BCUT2D eigenvalue weighted by Crippen LogP contribution is 2.34. The predicted octanol–water partition coefficient (Wildman–Crippen LogP) is 3.31. The number of methoxy groups -OCH3 is 2. The SMILES string of the molecule is CCN1CCN(CCCNC(=O)c2nn(-c3ccccc3)cc2-c2ccc(OC)c(OC)c2)CC1. The van der Waals surface area contributed by atoms with Gasteiger partial charge in [0, 0.05) is 44.5 Å². The Morgan fingerprint density at radius 1 is 0.971 bits per heavy atom. The molecule has 1 N–H and O–H groups in total. The number of nitrogens with one attached hydrogen (secondary N) is 1. The number of piperazine rings is 1. The van der Waals surface area contributed by atoms with Crippen molar-refractivity contribution in [1.29, 1.82) is 0 Å². The van der Waals surface area contributed by atoms with E-state index in [1.54, 1.807) is 18.9 Å². The van der Waals surface area contributed by atoms with Crippen LogP contribution in [-0.4, -0.2) is 85.5 Å². The highest BCUT2D eigenvalue weighted by molar-refractivity contribution is 5.99. The fraction of sp³-hybridized carbons (Fsp3) is 0.407. The summed E-state index contributed by atoms with van der Waals surface area (Å²) in [5.41, 5.74) is 2.85. The van der Waals surface area contributed by atoms with Crippen molar-refractivity contribution in [1.82, 2.24) is 24.9 Å². The van der Waals surface area contributed by atoms with Crippen LogP contribution in [-0.2, 0) is 0 Å². The van der Waals surface area contributed by atoms with Gasteiger partial charge in [-0.25, -0.2) is 4.68 Å². The molecule has 2 heterocycles. The first-order chi connectivity index (χ1) is 17.1. The van der Waals surface area contributed by atoms with E-state index in [1.165, 1.54) is 0 Å². The minimum atomic E-state index is -0.180. The van der Waals surface area contributed by atoms with E-state index in [2.05, 4.69) is 27.1 Å². The minimum absolute atomic E-state index is 0.180. The van der Waals surface area contributed by atoms with Crippen LogP contribution in [0.15, 0.2) is 54.7 Å². The zero-order chi connectivity index (χ0) is 24.6. The standard InChI is InChI=1S/C27H35N5O3/c1-4-30-15-17-31(18-16-30)14-8-13-28-27(33)26-23(20-32(29-26)22-9-6-5-7-10-22)21-11-12-24(34-2)25(19-21)35-3/h5-7,9-12,19-20H,4,8,13-18H2,1-3H3,(H,28,33). The van der Waals surface area contributed by atoms with Crippen LogP contribution in [0.25, 0.3) is 16.8 Å². The Kier molecular flexibility index (Phi) is 8.39. The van der Waals surface area contributed by atoms with Crippen molar-refractivity contribution in [3.05, 3.63) is 60.4 Å². The number of para-hydroxylation sites is 1. The lowest BCUT2D eigenvalue weighted by Crippen LogP contribution is -2.46. The second-order valence-electron chi connectivity index (χ2n) is 8.63. The Morgan fingerprint density at radius 3 is 2.37 bits per heavy atom. The van der Waals surface area contributed by atoms with Crippen molar-refractivity contribution < 1.29 is 14.3 Å². The summed E-state index contributed by atoms with van der Waals surface area (Å²) >= 11 is 0. The van der Waals surface area contributed by atoms with Crippen LogP contribution >= 0.6 is 0 Å². The van der Waals surface area contributed by atoms with Gasteiger partial charge >= 0.3 is 0 Å². The van der Waals surface area contributed by atoms with E-state index >= 15 is 0 Å². The van der Waals surface area contributed by atoms with Gasteiger partial charge in [0.05, 0.1) is 19.9 Å². The number of hydrogen-bond donors (Lipinski definition) is 1. The Labute approximate surface area is 207 Å². The second kappa shape index (κ2) is 11.9. The lowest BCUT2D eigenvalue weighted by Gasteiger charge is -2.33. The van der Waals surface area contributed by atoms with E-state index < -0.39 is 0 Å². The Morgan fingerprint density at radius 2 is 1.69 bits per heavy atom. The summed E-state index contributed by atoms with van der Waals surface area (Å²) in [6.45, 7) is 9.33. The van der Waals surface area contributed by atoms with E-state index in [-0.39, 0.29) is 5.91 Å². The van der Waals surface area contributed by atoms with Gasteiger partial charge in [0.25, 0.3) is 5.91 Å². The summed E-state index contributed by atoms with van der Waals surface area (Å²) < 4.78 is 12.6. The minimum Gasteiger partial charge on any atom is -0.493 e. The number of hydrogen-bond acceptors (Lipinski definition) is 6. The van der Waals surface area contributed by atoms with Crippen molar-refractivity contribution >= 4 is 5.91 Å². The van der Waals surface area contributed by atoms with Crippen LogP contribution in [0.2, 0.25) is 0 Å². The van der Waals surface area contributed by atoms with Crippen molar-refractivity contribution in [2.24, 2.45) is 0 Å². The number of aromatic nitrogens is 2. The van der Waals surface area contributed by atoms with E-state index in [0.29, 0.717) is 23.7 Å². The monoisotopic (exact) mass is 477 g/mol. The fourth-order valence-corrected chi connectivity index (χ4v) is 4.39. The average molecular weight is 478 g/mol. The Bertz CT molecular complexity index is 1110. The molecule has 2 aromatic carbocycles. The molecule has 0 spiro atoms. The van der Waals surface area contributed by atoms with Crippen LogP contribution < -0.4 is 14.8 Å². The van der Waals surface area contributed by atoms with Gasteiger partial charge < -0.3 is 24.6 Å². The third-order valence-electron chi connectivity index (χ3n) is 6.49. The largest absolute Gasteiger partial charge is 0.493 e. The summed E-state index contributed by atoms with van der Waals surface area (Å²) in [4.78, 5) is 18.2. The molecule has 1 amide bonds. The molecule has 1 aliphatic rings. The molecule has 0 atom stereocenters. The van der Waals surface area contributed by atoms with Gasteiger partial charge in [-0.1, -0.05) is 31.2 Å². The molecular weight excluding hydrogens is 442 g/mol. The topological polar surface area (TPSA) is 71.9 Å². The molecule has 0 unspecified atom stereocenters. The number of nitrogens with zero attached hydrogens (tertiary/aromatic N) is 4. The van der Waals surface area contributed by atoms with Crippen molar-refractivity contribution in [3.63, 3.8) is 0 Å². The van der Waals surface area contributed by atoms with Crippen molar-refractivity contribution in [2.75, 3.05) is 60.0 Å². The zero-order valence-corrected chi connectivity index (χ0v) is 20.9. The molecule has 0 bridgehead atoms. The van der Waals surface area contributed by atoms with Gasteiger partial charge in [0.2, 0.25) is 0 Å². The summed E-state index contributed by atoms with van der Waals surface area (Å²) in [5.74, 6) is 1.06. The first-order valence-electron chi connectivity index (χ1n) is 12.2. The second-order valence-corrected chi connectivity index (χ2v) is 8.63. The smallest absolute Gasteiger partial charge is 0.272 e. The van der Waals surface area contributed by atoms with Crippen LogP contribution in [0.4, 0.5) is 0 Å². The van der Waals surface area contributed by atoms with Gasteiger partial charge in [-0.2, -0.15) is 5.10 Å². The molecule has 0 radical (unpaired) electrons. The van der Waals surface area contributed by atoms with E-state index in [4.69, 9.17) is 9.47 Å². The molecule has 1 aliphatic heterocycles. The highest BCUT2D eigenvalue weighted by Gasteiger charge is 2.20. The van der Waals surface area contributed by atoms with E-state index in [1.807, 2.05) is 54.7 Å². The normalized spacial score (nSPS) is 14.6. The van der Waals surface area contributed by atoms with Crippen LogP contribution in [0.3, 0.4) is 0 Å². The Balaban J connectivity index is 1.49. The first kappa shape index (κ1) is 24.8. The number of rotatable bonds is 10. The van der Waals surface area contributed by atoms with E-state index in [0.717, 1.165) is 62.5 Å². The highest BCUT2D eigenvalue weighted by atomic mass is 16.5. The van der Waals surface area contributed by atoms with Gasteiger partial charge in [-0.05, 0) is 49.3 Å². The lowest BCUT2D eigenvalue weighted by atomic mass is 10.1. The molecule has 186 valence electrons. The number of benzene rings is 2. The van der Waals surface area contributed by atoms with Gasteiger partial charge in [0.1, 0.15) is 0 Å². The maximum atomic E-state index is 13.2. The number of amides is 1. The molecule has 3 aromatic rings. The van der Waals surface area contributed by atoms with Crippen molar-refractivity contribution in [2.45, 2.75) is 13.3 Å². The molecule has 0 saturated carbocycles. The van der Waals surface area contributed by atoms with Gasteiger partial charge in [-0.3, -0.25) is 4.79 Å². The number of ether oxygens (including phenoxy) is 2. The van der Waals surface area contributed by atoms with Gasteiger partial charge in [-0.15, -0.1) is 0 Å². The van der Waals surface area contributed by atoms with Crippen LogP contribution in [0.5, 0.6) is 11.5 Å². The molecule has 35 heavy (non-hydrogen) atoms. The lowest BCUT2D eigenvalue weighted by molar-refractivity contribution is 0.0943. The maximum absolute atomic E-state index is 13.2. The van der Waals surface area contributed by atoms with E-state index in [9.17, 15) is 4.79 Å². The first-order valence-corrected chi connectivity index (χ1v) is 12.2. The van der Waals surface area contributed by atoms with Gasteiger partial charge in [0.15, 0.2) is 17.2 Å². The summed E-state index contributed by atoms with van der Waals surface area (Å²) in [6, 6.07) is 15.4. The molecule has 8 nitrogen and oxygen atoms in total. The number of carbonyl (C=O) groups excluding carboxylic acids is 1. The fourth-order valence-electron chi connectivity index (χ4n) is 4.39. The molecule has 1 saturated heterocycles. The molecular formula is C27H35N5O3. The van der Waals surface area contributed by atoms with Crippen molar-refractivity contribution in [3.8, 4) is 28.3 Å². The predicted molar refractivity (Wildman–Crippen MR) is 138 cm³/mol. The average Bonchev–Trinajstić information content (AvgIpc) is 3.37. The molecule has 4 rings (SSSR count). The molecule has 8 heteroatoms. The van der Waals surface area contributed by atoms with Crippen LogP contribution in [0, 0.1) is 0 Å². The third kappa shape index (κ3) is 6.01. The molecule has 1 aromatic heterocycles. The molecule has 0 aliphatic carbocycles. The quantitative estimate of drug-likeness (QED) is 0.452. The third-order valence-corrected chi connectivity index (χ3v) is 6.49. The maximum Gasteiger partial charge on any atom is 0.272 e. The van der Waals surface area contributed by atoms with Crippen LogP contribution in [0.1, 0.15) is 23.8 Å². The Hall–Kier alpha value is -3.36. The number of carbonyl (C=O) groups is 1. The summed E-state index contributed by atoms with van der Waals surface area (Å²) in [6.07, 6.45) is 2.79. The summed E-state index contributed by atoms with van der Waals surface area (Å²) in [5, 5.41) is 7.73. The number of likely N-dealkylation sites (N-methyl/N-ethyl adjacent to an activating group) is 1. The summed E-state index contributed by atoms with van der Waals surface area (Å²) in [7, 11) is 3.21. The molecule has 1 fully saturated rings.